The van der Waals surface area contributed by atoms with Crippen LogP contribution in [0.4, 0.5) is 4.39 Å². The molecule has 2 aromatic rings. The predicted octanol–water partition coefficient (Wildman–Crippen LogP) is 1.28. The number of carbonyl (C=O) groups is 1. The molecular formula is C16H18FN3O3. The van der Waals surface area contributed by atoms with Gasteiger partial charge in [-0.3, -0.25) is 4.79 Å². The predicted molar refractivity (Wildman–Crippen MR) is 80.9 cm³/mol. The minimum absolute atomic E-state index is 0.155. The lowest BCUT2D eigenvalue weighted by atomic mass is 9.94. The molecule has 0 spiro atoms. The molecule has 0 aliphatic carbocycles. The van der Waals surface area contributed by atoms with Gasteiger partial charge in [0.15, 0.2) is 5.69 Å². The Hall–Kier alpha value is -2.25. The Morgan fingerprint density at radius 2 is 2.17 bits per heavy atom. The van der Waals surface area contributed by atoms with Gasteiger partial charge in [-0.25, -0.2) is 9.07 Å². The molecule has 1 aliphatic heterocycles. The first-order chi connectivity index (χ1) is 11.1. The molecule has 1 amide bonds. The van der Waals surface area contributed by atoms with Crippen LogP contribution in [0.2, 0.25) is 0 Å². The number of ether oxygens (including phenoxy) is 1. The molecule has 7 heteroatoms. The van der Waals surface area contributed by atoms with E-state index in [1.807, 2.05) is 0 Å². The van der Waals surface area contributed by atoms with Gasteiger partial charge in [0.2, 0.25) is 0 Å². The zero-order chi connectivity index (χ0) is 16.3. The molecule has 0 atom stereocenters. The van der Waals surface area contributed by atoms with Crippen LogP contribution >= 0.6 is 0 Å². The third-order valence-electron chi connectivity index (χ3n) is 3.90. The molecule has 2 heterocycles. The third kappa shape index (κ3) is 3.75. The standard InChI is InChI=1S/C16H18FN3O3/c17-12-2-1-3-13(10-12)20-7-4-14(19-20)15(21)18-11-16(22)5-8-23-9-6-16/h1-4,7,10,22H,5-6,8-9,11H2,(H,18,21). The van der Waals surface area contributed by atoms with Crippen molar-refractivity contribution in [2.75, 3.05) is 19.8 Å². The van der Waals surface area contributed by atoms with Crippen molar-refractivity contribution in [3.05, 3.63) is 48.0 Å². The summed E-state index contributed by atoms with van der Waals surface area (Å²) in [6.07, 6.45) is 2.57. The molecule has 2 N–H and O–H groups in total. The number of nitrogens with one attached hydrogen (secondary N) is 1. The minimum Gasteiger partial charge on any atom is -0.388 e. The van der Waals surface area contributed by atoms with Crippen molar-refractivity contribution in [2.24, 2.45) is 0 Å². The maximum absolute atomic E-state index is 13.2. The van der Waals surface area contributed by atoms with Gasteiger partial charge in [-0.15, -0.1) is 0 Å². The van der Waals surface area contributed by atoms with Crippen molar-refractivity contribution in [1.82, 2.24) is 15.1 Å². The number of nitrogens with zero attached hydrogens (tertiary/aromatic N) is 2. The van der Waals surface area contributed by atoms with Crippen molar-refractivity contribution in [3.63, 3.8) is 0 Å². The van der Waals surface area contributed by atoms with Crippen molar-refractivity contribution < 1.29 is 19.0 Å². The minimum atomic E-state index is -0.932. The molecule has 1 aliphatic rings. The topological polar surface area (TPSA) is 76.4 Å². The summed E-state index contributed by atoms with van der Waals surface area (Å²) in [5.74, 6) is -0.745. The zero-order valence-electron chi connectivity index (χ0n) is 12.5. The Bertz CT molecular complexity index is 695. The molecule has 23 heavy (non-hydrogen) atoms. The number of aliphatic hydroxyl groups is 1. The lowest BCUT2D eigenvalue weighted by Crippen LogP contribution is -2.46. The van der Waals surface area contributed by atoms with E-state index in [9.17, 15) is 14.3 Å². The van der Waals surface area contributed by atoms with E-state index in [0.717, 1.165) is 0 Å². The summed E-state index contributed by atoms with van der Waals surface area (Å²) in [6, 6.07) is 7.50. The van der Waals surface area contributed by atoms with E-state index in [4.69, 9.17) is 4.74 Å². The van der Waals surface area contributed by atoms with E-state index in [1.54, 1.807) is 24.4 Å². The van der Waals surface area contributed by atoms with Crippen LogP contribution in [0.25, 0.3) is 5.69 Å². The summed E-state index contributed by atoms with van der Waals surface area (Å²) in [6.45, 7) is 1.13. The zero-order valence-corrected chi connectivity index (χ0v) is 12.5. The van der Waals surface area contributed by atoms with Gasteiger partial charge in [0.25, 0.3) is 5.91 Å². The number of rotatable bonds is 4. The van der Waals surface area contributed by atoms with E-state index in [-0.39, 0.29) is 24.0 Å². The number of hydrogen-bond acceptors (Lipinski definition) is 4. The number of carbonyl (C=O) groups excluding carboxylic acids is 1. The number of benzene rings is 1. The number of aromatic nitrogens is 2. The molecule has 0 bridgehead atoms. The molecule has 0 saturated carbocycles. The summed E-state index contributed by atoms with van der Waals surface area (Å²) < 4.78 is 19.9. The van der Waals surface area contributed by atoms with E-state index in [1.165, 1.54) is 16.8 Å². The van der Waals surface area contributed by atoms with Crippen LogP contribution in [-0.2, 0) is 4.74 Å². The highest BCUT2D eigenvalue weighted by Gasteiger charge is 2.30. The largest absolute Gasteiger partial charge is 0.388 e. The van der Waals surface area contributed by atoms with Gasteiger partial charge in [-0.1, -0.05) is 6.07 Å². The maximum atomic E-state index is 13.2. The van der Waals surface area contributed by atoms with Crippen molar-refractivity contribution in [3.8, 4) is 5.69 Å². The normalized spacial score (nSPS) is 17.0. The maximum Gasteiger partial charge on any atom is 0.271 e. The van der Waals surface area contributed by atoms with Crippen LogP contribution in [0.1, 0.15) is 23.3 Å². The Kier molecular flexibility index (Phi) is 4.40. The van der Waals surface area contributed by atoms with Gasteiger partial charge >= 0.3 is 0 Å². The SMILES string of the molecule is O=C(NCC1(O)CCOCC1)c1ccn(-c2cccc(F)c2)n1. The van der Waals surface area contributed by atoms with E-state index >= 15 is 0 Å². The molecule has 1 saturated heterocycles. The van der Waals surface area contributed by atoms with Crippen molar-refractivity contribution in [1.29, 1.82) is 0 Å². The quantitative estimate of drug-likeness (QED) is 0.890. The Morgan fingerprint density at radius 1 is 1.39 bits per heavy atom. The van der Waals surface area contributed by atoms with Gasteiger partial charge in [0, 0.05) is 38.8 Å². The van der Waals surface area contributed by atoms with Gasteiger partial charge in [-0.05, 0) is 24.3 Å². The highest BCUT2D eigenvalue weighted by molar-refractivity contribution is 5.92. The molecular weight excluding hydrogens is 301 g/mol. The second-order valence-corrected chi connectivity index (χ2v) is 5.64. The smallest absolute Gasteiger partial charge is 0.271 e. The summed E-state index contributed by atoms with van der Waals surface area (Å²) in [7, 11) is 0. The fraction of sp³-hybridized carbons (Fsp3) is 0.375. The number of amides is 1. The van der Waals surface area contributed by atoms with Crippen molar-refractivity contribution >= 4 is 5.91 Å². The first-order valence-electron chi connectivity index (χ1n) is 7.46. The average molecular weight is 319 g/mol. The molecule has 3 rings (SSSR count). The van der Waals surface area contributed by atoms with E-state index in [0.29, 0.717) is 31.7 Å². The van der Waals surface area contributed by atoms with Crippen LogP contribution in [-0.4, -0.2) is 46.2 Å². The first-order valence-corrected chi connectivity index (χ1v) is 7.46. The van der Waals surface area contributed by atoms with Gasteiger partial charge in [-0.2, -0.15) is 5.10 Å². The number of hydrogen-bond donors (Lipinski definition) is 2. The highest BCUT2D eigenvalue weighted by atomic mass is 19.1. The fourth-order valence-electron chi connectivity index (χ4n) is 2.47. The summed E-state index contributed by atoms with van der Waals surface area (Å²) >= 11 is 0. The molecule has 1 aromatic heterocycles. The Balaban J connectivity index is 1.64. The van der Waals surface area contributed by atoms with Crippen LogP contribution in [0, 0.1) is 5.82 Å². The Labute approximate surface area is 132 Å². The molecule has 1 aromatic carbocycles. The van der Waals surface area contributed by atoms with Crippen molar-refractivity contribution in [2.45, 2.75) is 18.4 Å². The molecule has 0 radical (unpaired) electrons. The van der Waals surface area contributed by atoms with Crippen LogP contribution in [0.3, 0.4) is 0 Å². The lowest BCUT2D eigenvalue weighted by molar-refractivity contribution is -0.0605. The van der Waals surface area contributed by atoms with E-state index in [2.05, 4.69) is 10.4 Å². The lowest BCUT2D eigenvalue weighted by Gasteiger charge is -2.31. The molecule has 6 nitrogen and oxygen atoms in total. The molecule has 122 valence electrons. The second kappa shape index (κ2) is 6.47. The van der Waals surface area contributed by atoms with Gasteiger partial charge < -0.3 is 15.2 Å². The van der Waals surface area contributed by atoms with Gasteiger partial charge in [0.05, 0.1) is 11.3 Å². The summed E-state index contributed by atoms with van der Waals surface area (Å²) in [5, 5.41) is 17.1. The van der Waals surface area contributed by atoms with Crippen LogP contribution < -0.4 is 5.32 Å². The van der Waals surface area contributed by atoms with Gasteiger partial charge in [0.1, 0.15) is 5.82 Å². The van der Waals surface area contributed by atoms with Crippen LogP contribution in [0.15, 0.2) is 36.5 Å². The number of halogens is 1. The molecule has 0 unspecified atom stereocenters. The summed E-state index contributed by atoms with van der Waals surface area (Å²) in [5.41, 5.74) is -0.184. The first kappa shape index (κ1) is 15.6. The van der Waals surface area contributed by atoms with E-state index < -0.39 is 5.60 Å². The third-order valence-corrected chi connectivity index (χ3v) is 3.90. The highest BCUT2D eigenvalue weighted by Crippen LogP contribution is 2.19. The molecule has 1 fully saturated rings. The van der Waals surface area contributed by atoms with Crippen LogP contribution in [0.5, 0.6) is 0 Å². The monoisotopic (exact) mass is 319 g/mol. The second-order valence-electron chi connectivity index (χ2n) is 5.64. The average Bonchev–Trinajstić information content (AvgIpc) is 3.03. The Morgan fingerprint density at radius 3 is 2.91 bits per heavy atom. The fourth-order valence-corrected chi connectivity index (χ4v) is 2.47. The summed E-state index contributed by atoms with van der Waals surface area (Å²) in [4.78, 5) is 12.1.